The van der Waals surface area contributed by atoms with Crippen molar-refractivity contribution in [3.8, 4) is 0 Å². The predicted molar refractivity (Wildman–Crippen MR) is 76.7 cm³/mol. The monoisotopic (exact) mass is 313 g/mol. The van der Waals surface area contributed by atoms with Crippen molar-refractivity contribution in [2.24, 2.45) is 0 Å². The Morgan fingerprint density at radius 2 is 1.95 bits per heavy atom. The molecule has 1 aromatic rings. The lowest BCUT2D eigenvalue weighted by Crippen LogP contribution is -2.56. The van der Waals surface area contributed by atoms with Gasteiger partial charge in [0, 0.05) is 10.6 Å². The third-order valence-electron chi connectivity index (χ3n) is 3.89. The highest BCUT2D eigenvalue weighted by molar-refractivity contribution is 6.31. The average Bonchev–Trinajstić information content (AvgIpc) is 2.44. The summed E-state index contributed by atoms with van der Waals surface area (Å²) >= 11 is 5.88. The Labute approximate surface area is 127 Å². The van der Waals surface area contributed by atoms with Crippen LogP contribution in [0, 0.1) is 5.82 Å². The fourth-order valence-corrected chi connectivity index (χ4v) is 2.95. The number of carbonyl (C=O) groups excluding carboxylic acids is 1. The van der Waals surface area contributed by atoms with Crippen molar-refractivity contribution in [1.82, 2.24) is 5.32 Å². The third kappa shape index (κ3) is 3.53. The number of carboxylic acid groups (broad SMARTS) is 1. The lowest BCUT2D eigenvalue weighted by molar-refractivity contribution is -0.149. The Kier molecular flexibility index (Phi) is 4.83. The Morgan fingerprint density at radius 3 is 2.52 bits per heavy atom. The van der Waals surface area contributed by atoms with Crippen LogP contribution in [-0.4, -0.2) is 22.5 Å². The van der Waals surface area contributed by atoms with Gasteiger partial charge in [-0.2, -0.15) is 0 Å². The van der Waals surface area contributed by atoms with Crippen LogP contribution in [0.25, 0.3) is 0 Å². The molecule has 4 nitrogen and oxygen atoms in total. The van der Waals surface area contributed by atoms with E-state index in [1.54, 1.807) is 0 Å². The molecule has 2 rings (SSSR count). The second-order valence-electron chi connectivity index (χ2n) is 5.37. The molecule has 0 spiro atoms. The number of rotatable bonds is 4. The molecule has 0 atom stereocenters. The fraction of sp³-hybridized carbons (Fsp3) is 0.467. The molecule has 0 bridgehead atoms. The van der Waals surface area contributed by atoms with Crippen molar-refractivity contribution in [3.63, 3.8) is 0 Å². The number of halogens is 2. The van der Waals surface area contributed by atoms with Gasteiger partial charge in [0.15, 0.2) is 0 Å². The van der Waals surface area contributed by atoms with Crippen molar-refractivity contribution >= 4 is 23.5 Å². The van der Waals surface area contributed by atoms with Crippen LogP contribution >= 0.6 is 11.6 Å². The van der Waals surface area contributed by atoms with Crippen molar-refractivity contribution in [2.75, 3.05) is 0 Å². The standard InChI is InChI=1S/C15H17ClFNO3/c16-11-5-4-6-12(17)10(11)9-13(19)18-15(14(20)21)7-2-1-3-8-15/h4-6H,1-3,7-9H2,(H,18,19)(H,20,21). The van der Waals surface area contributed by atoms with Gasteiger partial charge in [-0.25, -0.2) is 9.18 Å². The first-order valence-electron chi connectivity index (χ1n) is 6.92. The average molecular weight is 314 g/mol. The summed E-state index contributed by atoms with van der Waals surface area (Å²) < 4.78 is 13.7. The van der Waals surface area contributed by atoms with Crippen molar-refractivity contribution in [3.05, 3.63) is 34.6 Å². The molecule has 1 saturated carbocycles. The zero-order valence-corrected chi connectivity index (χ0v) is 12.3. The number of benzene rings is 1. The molecule has 114 valence electrons. The molecule has 0 unspecified atom stereocenters. The molecule has 0 heterocycles. The van der Waals surface area contributed by atoms with Crippen molar-refractivity contribution < 1.29 is 19.1 Å². The normalized spacial score (nSPS) is 17.2. The van der Waals surface area contributed by atoms with Crippen LogP contribution < -0.4 is 5.32 Å². The van der Waals surface area contributed by atoms with Gasteiger partial charge in [0.2, 0.25) is 5.91 Å². The van der Waals surface area contributed by atoms with Crippen molar-refractivity contribution in [1.29, 1.82) is 0 Å². The second kappa shape index (κ2) is 6.43. The molecule has 21 heavy (non-hydrogen) atoms. The van der Waals surface area contributed by atoms with Crippen LogP contribution in [0.2, 0.25) is 5.02 Å². The fourth-order valence-electron chi connectivity index (χ4n) is 2.72. The minimum Gasteiger partial charge on any atom is -0.480 e. The summed E-state index contributed by atoms with van der Waals surface area (Å²) in [6.45, 7) is 0. The van der Waals surface area contributed by atoms with E-state index in [4.69, 9.17) is 11.6 Å². The molecule has 1 aromatic carbocycles. The smallest absolute Gasteiger partial charge is 0.329 e. The molecule has 1 amide bonds. The first-order chi connectivity index (χ1) is 9.94. The number of aliphatic carboxylic acids is 1. The molecular weight excluding hydrogens is 297 g/mol. The van der Waals surface area contributed by atoms with Crippen LogP contribution in [0.1, 0.15) is 37.7 Å². The highest BCUT2D eigenvalue weighted by Gasteiger charge is 2.40. The Bertz CT molecular complexity index is 536. The van der Waals surface area contributed by atoms with Gasteiger partial charge >= 0.3 is 5.97 Å². The van der Waals surface area contributed by atoms with E-state index < -0.39 is 23.2 Å². The summed E-state index contributed by atoms with van der Waals surface area (Å²) in [6, 6.07) is 4.18. The molecule has 1 aliphatic carbocycles. The zero-order chi connectivity index (χ0) is 15.5. The van der Waals surface area contributed by atoms with Gasteiger partial charge in [0.25, 0.3) is 0 Å². The Hall–Kier alpha value is -1.62. The van der Waals surface area contributed by atoms with Crippen LogP contribution in [0.15, 0.2) is 18.2 Å². The number of hydrogen-bond acceptors (Lipinski definition) is 2. The third-order valence-corrected chi connectivity index (χ3v) is 4.25. The summed E-state index contributed by atoms with van der Waals surface area (Å²) in [6.07, 6.45) is 3.02. The van der Waals surface area contributed by atoms with Crippen LogP contribution in [0.3, 0.4) is 0 Å². The molecule has 1 fully saturated rings. The first-order valence-corrected chi connectivity index (χ1v) is 7.30. The lowest BCUT2D eigenvalue weighted by Gasteiger charge is -2.34. The molecule has 0 aromatic heterocycles. The minimum absolute atomic E-state index is 0.0908. The summed E-state index contributed by atoms with van der Waals surface area (Å²) in [5.74, 6) is -2.12. The SMILES string of the molecule is O=C(Cc1c(F)cccc1Cl)NC1(C(=O)O)CCCCC1. The zero-order valence-electron chi connectivity index (χ0n) is 11.5. The maximum Gasteiger partial charge on any atom is 0.329 e. The van der Waals surface area contributed by atoms with E-state index in [0.29, 0.717) is 12.8 Å². The van der Waals surface area contributed by atoms with Gasteiger partial charge in [0.1, 0.15) is 11.4 Å². The summed E-state index contributed by atoms with van der Waals surface area (Å²) in [5.41, 5.74) is -1.14. The maximum absolute atomic E-state index is 13.7. The highest BCUT2D eigenvalue weighted by atomic mass is 35.5. The summed E-state index contributed by atoms with van der Waals surface area (Å²) in [4.78, 5) is 23.6. The van der Waals surface area contributed by atoms with Crippen LogP contribution in [0.4, 0.5) is 4.39 Å². The number of amides is 1. The highest BCUT2D eigenvalue weighted by Crippen LogP contribution is 2.29. The first kappa shape index (κ1) is 15.8. The molecule has 1 aliphatic rings. The molecule has 6 heteroatoms. The van der Waals surface area contributed by atoms with E-state index in [-0.39, 0.29) is 17.0 Å². The molecule has 0 radical (unpaired) electrons. The lowest BCUT2D eigenvalue weighted by atomic mass is 9.81. The maximum atomic E-state index is 13.7. The summed E-state index contributed by atoms with van der Waals surface area (Å²) in [7, 11) is 0. The van der Waals surface area contributed by atoms with E-state index in [9.17, 15) is 19.1 Å². The van der Waals surface area contributed by atoms with Gasteiger partial charge in [0.05, 0.1) is 6.42 Å². The molecule has 2 N–H and O–H groups in total. The number of carboxylic acids is 1. The van der Waals surface area contributed by atoms with Crippen LogP contribution in [-0.2, 0) is 16.0 Å². The topological polar surface area (TPSA) is 66.4 Å². The largest absolute Gasteiger partial charge is 0.480 e. The van der Waals surface area contributed by atoms with Gasteiger partial charge in [-0.1, -0.05) is 36.9 Å². The van der Waals surface area contributed by atoms with E-state index >= 15 is 0 Å². The van der Waals surface area contributed by atoms with Gasteiger partial charge in [-0.3, -0.25) is 4.79 Å². The number of carbonyl (C=O) groups is 2. The van der Waals surface area contributed by atoms with Gasteiger partial charge in [-0.05, 0) is 25.0 Å². The quantitative estimate of drug-likeness (QED) is 0.898. The van der Waals surface area contributed by atoms with Crippen molar-refractivity contribution in [2.45, 2.75) is 44.1 Å². The Balaban J connectivity index is 2.11. The molecular formula is C15H17ClFNO3. The van der Waals surface area contributed by atoms with E-state index in [1.807, 2.05) is 0 Å². The van der Waals surface area contributed by atoms with Crippen LogP contribution in [0.5, 0.6) is 0 Å². The Morgan fingerprint density at radius 1 is 1.29 bits per heavy atom. The minimum atomic E-state index is -1.23. The van der Waals surface area contributed by atoms with Gasteiger partial charge < -0.3 is 10.4 Å². The number of nitrogens with one attached hydrogen (secondary N) is 1. The molecule has 0 aliphatic heterocycles. The van der Waals surface area contributed by atoms with E-state index in [2.05, 4.69) is 5.32 Å². The predicted octanol–water partition coefficient (Wildman–Crippen LogP) is 2.93. The van der Waals surface area contributed by atoms with E-state index in [1.165, 1.54) is 18.2 Å². The van der Waals surface area contributed by atoms with E-state index in [0.717, 1.165) is 19.3 Å². The number of hydrogen-bond donors (Lipinski definition) is 2. The summed E-state index contributed by atoms with van der Waals surface area (Å²) in [5, 5.41) is 12.1. The second-order valence-corrected chi connectivity index (χ2v) is 5.78. The van der Waals surface area contributed by atoms with Gasteiger partial charge in [-0.15, -0.1) is 0 Å². The molecule has 0 saturated heterocycles.